The van der Waals surface area contributed by atoms with Crippen molar-refractivity contribution in [2.75, 3.05) is 11.9 Å². The maximum atomic E-state index is 12.7. The fourth-order valence-corrected chi connectivity index (χ4v) is 5.69. The Kier molecular flexibility index (Phi) is 5.02. The summed E-state index contributed by atoms with van der Waals surface area (Å²) in [7, 11) is 1.81. The molecule has 158 valence electrons. The normalized spacial score (nSPS) is 24.7. The van der Waals surface area contributed by atoms with E-state index in [1.165, 1.54) is 12.8 Å². The minimum atomic E-state index is -0.501. The van der Waals surface area contributed by atoms with Crippen LogP contribution in [-0.2, 0) is 22.4 Å². The van der Waals surface area contributed by atoms with Gasteiger partial charge in [-0.25, -0.2) is 0 Å². The Morgan fingerprint density at radius 2 is 1.94 bits per heavy atom. The van der Waals surface area contributed by atoms with Crippen LogP contribution in [0.5, 0.6) is 0 Å². The molecular formula is C26H27N3O2. The number of benzene rings is 2. The molecule has 2 aromatic carbocycles. The highest BCUT2D eigenvalue weighted by Crippen LogP contribution is 2.48. The monoisotopic (exact) mass is 413 g/mol. The molecule has 2 fully saturated rings. The summed E-state index contributed by atoms with van der Waals surface area (Å²) in [5.74, 6) is 1.52. The molecule has 0 unspecified atom stereocenters. The Balaban J connectivity index is 1.24. The number of nitrogens with one attached hydrogen (secondary N) is 1. The van der Waals surface area contributed by atoms with Crippen molar-refractivity contribution in [3.8, 4) is 17.2 Å². The number of fused-ring (bicyclic) bond motifs is 3. The van der Waals surface area contributed by atoms with Crippen molar-refractivity contribution in [1.29, 1.82) is 5.26 Å². The molecule has 2 amide bonds. The Bertz CT molecular complexity index is 1070. The highest BCUT2D eigenvalue weighted by molar-refractivity contribution is 6.01. The summed E-state index contributed by atoms with van der Waals surface area (Å²) in [5, 5.41) is 12.6. The molecule has 2 aliphatic carbocycles. The maximum absolute atomic E-state index is 12.7. The average molecular weight is 414 g/mol. The largest absolute Gasteiger partial charge is 0.340 e. The van der Waals surface area contributed by atoms with Crippen LogP contribution in [0.3, 0.4) is 0 Å². The fourth-order valence-electron chi connectivity index (χ4n) is 5.69. The molecular weight excluding hydrogens is 386 g/mol. The number of hydrogen-bond acceptors (Lipinski definition) is 3. The lowest BCUT2D eigenvalue weighted by molar-refractivity contribution is -0.127. The van der Waals surface area contributed by atoms with Gasteiger partial charge in [0.15, 0.2) is 0 Å². The van der Waals surface area contributed by atoms with Crippen molar-refractivity contribution in [3.63, 3.8) is 0 Å². The first-order chi connectivity index (χ1) is 15.0. The molecule has 0 spiro atoms. The van der Waals surface area contributed by atoms with Gasteiger partial charge in [-0.05, 0) is 65.5 Å². The number of carbonyl (C=O) groups is 2. The van der Waals surface area contributed by atoms with Gasteiger partial charge in [-0.2, -0.15) is 5.26 Å². The zero-order valence-corrected chi connectivity index (χ0v) is 17.8. The average Bonchev–Trinajstić information content (AvgIpc) is 3.49. The molecule has 4 atom stereocenters. The van der Waals surface area contributed by atoms with Gasteiger partial charge in [-0.1, -0.05) is 36.8 Å². The first kappa shape index (κ1) is 19.8. The quantitative estimate of drug-likeness (QED) is 0.809. The molecule has 0 aromatic heterocycles. The highest BCUT2D eigenvalue weighted by atomic mass is 16.2. The number of rotatable bonds is 5. The van der Waals surface area contributed by atoms with Crippen LogP contribution in [0.15, 0.2) is 42.5 Å². The second-order valence-corrected chi connectivity index (χ2v) is 9.35. The van der Waals surface area contributed by atoms with Crippen molar-refractivity contribution in [1.82, 2.24) is 5.32 Å². The van der Waals surface area contributed by atoms with E-state index in [0.717, 1.165) is 40.8 Å². The molecule has 5 nitrogen and oxygen atoms in total. The van der Waals surface area contributed by atoms with Gasteiger partial charge >= 0.3 is 0 Å². The summed E-state index contributed by atoms with van der Waals surface area (Å²) in [4.78, 5) is 26.3. The van der Waals surface area contributed by atoms with Gasteiger partial charge in [0.25, 0.3) is 0 Å². The van der Waals surface area contributed by atoms with Gasteiger partial charge < -0.3 is 10.2 Å². The number of amides is 2. The zero-order valence-electron chi connectivity index (χ0n) is 17.8. The third-order valence-electron chi connectivity index (χ3n) is 7.43. The van der Waals surface area contributed by atoms with E-state index in [1.807, 2.05) is 43.4 Å². The standard InChI is InChI=1S/C26H27N3O2/c1-29-24-9-8-19(13-21(24)14-25(29)30)18-5-2-16(3-6-18)11-22(15-27)28-26(31)23-12-17-4-7-20(23)10-17/h2-3,5-6,8-9,13,17,20,22-23H,4,7,10-12,14H2,1H3,(H,28,31)/t17-,20+,22+,23+/m1/s1. The van der Waals surface area contributed by atoms with E-state index in [4.69, 9.17) is 0 Å². The Morgan fingerprint density at radius 1 is 1.16 bits per heavy atom. The van der Waals surface area contributed by atoms with Crippen LogP contribution in [0.1, 0.15) is 36.8 Å². The van der Waals surface area contributed by atoms with E-state index in [0.29, 0.717) is 24.7 Å². The molecule has 1 N–H and O–H groups in total. The van der Waals surface area contributed by atoms with Crippen molar-refractivity contribution in [3.05, 3.63) is 53.6 Å². The maximum Gasteiger partial charge on any atom is 0.231 e. The lowest BCUT2D eigenvalue weighted by Crippen LogP contribution is -2.40. The smallest absolute Gasteiger partial charge is 0.231 e. The van der Waals surface area contributed by atoms with E-state index >= 15 is 0 Å². The predicted octanol–water partition coefficient (Wildman–Crippen LogP) is 3.86. The topological polar surface area (TPSA) is 73.2 Å². The van der Waals surface area contributed by atoms with Crippen molar-refractivity contribution in [2.45, 2.75) is 44.6 Å². The van der Waals surface area contributed by atoms with Crippen LogP contribution in [0, 0.1) is 29.1 Å². The molecule has 2 bridgehead atoms. The molecule has 2 aromatic rings. The molecule has 3 aliphatic rings. The van der Waals surface area contributed by atoms with Gasteiger partial charge in [0.1, 0.15) is 6.04 Å². The van der Waals surface area contributed by atoms with Crippen LogP contribution in [-0.4, -0.2) is 24.9 Å². The van der Waals surface area contributed by atoms with Gasteiger partial charge in [0.2, 0.25) is 11.8 Å². The number of nitrogens with zero attached hydrogens (tertiary/aromatic N) is 2. The van der Waals surface area contributed by atoms with Crippen LogP contribution in [0.2, 0.25) is 0 Å². The number of anilines is 1. The van der Waals surface area contributed by atoms with Crippen molar-refractivity contribution >= 4 is 17.5 Å². The van der Waals surface area contributed by atoms with Gasteiger partial charge in [-0.3, -0.25) is 9.59 Å². The fraction of sp³-hybridized carbons (Fsp3) is 0.423. The van der Waals surface area contributed by atoms with E-state index in [-0.39, 0.29) is 17.7 Å². The van der Waals surface area contributed by atoms with E-state index in [2.05, 4.69) is 17.5 Å². The molecule has 1 aliphatic heterocycles. The zero-order chi connectivity index (χ0) is 21.5. The highest BCUT2D eigenvalue weighted by Gasteiger charge is 2.43. The minimum Gasteiger partial charge on any atom is -0.340 e. The molecule has 31 heavy (non-hydrogen) atoms. The van der Waals surface area contributed by atoms with Crippen LogP contribution in [0.4, 0.5) is 5.69 Å². The molecule has 1 heterocycles. The van der Waals surface area contributed by atoms with Gasteiger partial charge in [0, 0.05) is 25.1 Å². The summed E-state index contributed by atoms with van der Waals surface area (Å²) in [5.41, 5.74) is 5.22. The Morgan fingerprint density at radius 3 is 2.61 bits per heavy atom. The summed E-state index contributed by atoms with van der Waals surface area (Å²) < 4.78 is 0. The second-order valence-electron chi connectivity index (χ2n) is 9.35. The summed E-state index contributed by atoms with van der Waals surface area (Å²) >= 11 is 0. The van der Waals surface area contributed by atoms with Crippen molar-refractivity contribution < 1.29 is 9.59 Å². The van der Waals surface area contributed by atoms with Gasteiger partial charge in [-0.15, -0.1) is 0 Å². The first-order valence-electron chi connectivity index (χ1n) is 11.2. The first-order valence-corrected chi connectivity index (χ1v) is 11.2. The number of nitriles is 1. The molecule has 0 saturated heterocycles. The lowest BCUT2D eigenvalue weighted by Gasteiger charge is -2.22. The van der Waals surface area contributed by atoms with Gasteiger partial charge in [0.05, 0.1) is 12.5 Å². The van der Waals surface area contributed by atoms with Crippen LogP contribution < -0.4 is 10.2 Å². The minimum absolute atomic E-state index is 0.0630. The Labute approximate surface area is 183 Å². The summed E-state index contributed by atoms with van der Waals surface area (Å²) in [6.07, 6.45) is 5.56. The molecule has 5 rings (SSSR count). The Hall–Kier alpha value is -3.13. The van der Waals surface area contributed by atoms with Crippen LogP contribution in [0.25, 0.3) is 11.1 Å². The number of hydrogen-bond donors (Lipinski definition) is 1. The number of carbonyl (C=O) groups excluding carboxylic acids is 2. The van der Waals surface area contributed by atoms with E-state index in [1.54, 1.807) is 4.90 Å². The van der Waals surface area contributed by atoms with Crippen molar-refractivity contribution in [2.24, 2.45) is 17.8 Å². The lowest BCUT2D eigenvalue weighted by atomic mass is 9.88. The summed E-state index contributed by atoms with van der Waals surface area (Å²) in [6.45, 7) is 0. The predicted molar refractivity (Wildman–Crippen MR) is 119 cm³/mol. The SMILES string of the molecule is CN1C(=O)Cc2cc(-c3ccc(C[C@@H](C#N)NC(=O)[C@H]4C[C@@H]5CC[C@H]4C5)cc3)ccc21. The van der Waals surface area contributed by atoms with E-state index < -0.39 is 6.04 Å². The molecule has 0 radical (unpaired) electrons. The third-order valence-corrected chi connectivity index (χ3v) is 7.43. The molecule has 5 heteroatoms. The van der Waals surface area contributed by atoms with Crippen LogP contribution >= 0.6 is 0 Å². The van der Waals surface area contributed by atoms with E-state index in [9.17, 15) is 14.9 Å². The molecule has 2 saturated carbocycles. The third kappa shape index (κ3) is 3.72. The number of likely N-dealkylation sites (N-methyl/N-ethyl adjacent to an activating group) is 1. The summed E-state index contributed by atoms with van der Waals surface area (Å²) in [6, 6.07) is 16.0. The second kappa shape index (κ2) is 7.85.